The number of rotatable bonds is 3. The van der Waals surface area contributed by atoms with Crippen LogP contribution in [0.1, 0.15) is 22.9 Å². The summed E-state index contributed by atoms with van der Waals surface area (Å²) in [4.78, 5) is 0. The van der Waals surface area contributed by atoms with Crippen molar-refractivity contribution in [2.45, 2.75) is 13.0 Å². The monoisotopic (exact) mass is 345 g/mol. The van der Waals surface area contributed by atoms with Crippen molar-refractivity contribution >= 4 is 26.9 Å². The molecular formula is C17H16BrNO2. The average molecular weight is 346 g/mol. The van der Waals surface area contributed by atoms with Crippen LogP contribution in [-0.2, 0) is 0 Å². The number of benzene rings is 2. The van der Waals surface area contributed by atoms with Gasteiger partial charge in [-0.05, 0) is 36.8 Å². The highest BCUT2D eigenvalue weighted by molar-refractivity contribution is 9.10. The third-order valence-electron chi connectivity index (χ3n) is 3.70. The summed E-state index contributed by atoms with van der Waals surface area (Å²) in [6.45, 7) is 2.03. The Hall–Kier alpha value is -1.78. The predicted molar refractivity (Wildman–Crippen MR) is 87.7 cm³/mol. The lowest BCUT2D eigenvalue weighted by atomic mass is 10.0. The van der Waals surface area contributed by atoms with Crippen LogP contribution < -0.4 is 10.5 Å². The van der Waals surface area contributed by atoms with Gasteiger partial charge < -0.3 is 14.9 Å². The molecular weight excluding hydrogens is 330 g/mol. The Bertz CT molecular complexity index is 795. The van der Waals surface area contributed by atoms with Crippen LogP contribution in [0.2, 0.25) is 0 Å². The molecule has 0 spiro atoms. The molecule has 1 unspecified atom stereocenters. The zero-order valence-corrected chi connectivity index (χ0v) is 13.5. The number of fused-ring (bicyclic) bond motifs is 1. The van der Waals surface area contributed by atoms with Gasteiger partial charge in [-0.1, -0.05) is 34.1 Å². The molecule has 2 N–H and O–H groups in total. The number of ether oxygens (including phenoxy) is 1. The maximum Gasteiger partial charge on any atom is 0.134 e. The fourth-order valence-corrected chi connectivity index (χ4v) is 3.04. The molecule has 0 fully saturated rings. The van der Waals surface area contributed by atoms with Crippen LogP contribution >= 0.6 is 15.9 Å². The second-order valence-corrected chi connectivity index (χ2v) is 5.81. The van der Waals surface area contributed by atoms with E-state index in [9.17, 15) is 0 Å². The second kappa shape index (κ2) is 5.54. The van der Waals surface area contributed by atoms with Crippen LogP contribution in [0, 0.1) is 6.92 Å². The maximum atomic E-state index is 6.40. The largest absolute Gasteiger partial charge is 0.497 e. The quantitative estimate of drug-likeness (QED) is 0.756. The first kappa shape index (κ1) is 14.2. The van der Waals surface area contributed by atoms with Crippen molar-refractivity contribution in [2.24, 2.45) is 5.73 Å². The number of methoxy groups -OCH3 is 1. The van der Waals surface area contributed by atoms with Gasteiger partial charge in [-0.2, -0.15) is 0 Å². The van der Waals surface area contributed by atoms with Crippen molar-refractivity contribution in [3.05, 3.63) is 63.8 Å². The first-order valence-corrected chi connectivity index (χ1v) is 7.48. The molecule has 0 radical (unpaired) electrons. The third-order valence-corrected chi connectivity index (χ3v) is 4.43. The number of aryl methyl sites for hydroxylation is 1. The second-order valence-electron chi connectivity index (χ2n) is 4.95. The standard InChI is InChI=1S/C17H16BrNO2/c1-10-13-9-11(20-2)7-8-15(13)21-17(10)16(19)12-5-3-4-6-14(12)18/h3-9,16H,19H2,1-2H3. The van der Waals surface area contributed by atoms with Gasteiger partial charge in [0.2, 0.25) is 0 Å². The van der Waals surface area contributed by atoms with E-state index in [0.717, 1.165) is 38.1 Å². The smallest absolute Gasteiger partial charge is 0.134 e. The SMILES string of the molecule is COc1ccc2oc(C(N)c3ccccc3Br)c(C)c2c1. The molecule has 0 bridgehead atoms. The molecule has 4 heteroatoms. The minimum absolute atomic E-state index is 0.307. The van der Waals surface area contributed by atoms with Gasteiger partial charge in [0.15, 0.2) is 0 Å². The maximum absolute atomic E-state index is 6.40. The molecule has 0 saturated heterocycles. The van der Waals surface area contributed by atoms with Crippen LogP contribution in [0.15, 0.2) is 51.4 Å². The number of nitrogens with two attached hydrogens (primary N) is 1. The first-order chi connectivity index (χ1) is 10.1. The summed E-state index contributed by atoms with van der Waals surface area (Å²) in [5.41, 5.74) is 9.28. The summed E-state index contributed by atoms with van der Waals surface area (Å²) >= 11 is 3.54. The highest BCUT2D eigenvalue weighted by Gasteiger charge is 2.20. The Morgan fingerprint density at radius 1 is 1.19 bits per heavy atom. The average Bonchev–Trinajstić information content (AvgIpc) is 2.83. The van der Waals surface area contributed by atoms with Crippen LogP contribution in [0.25, 0.3) is 11.0 Å². The van der Waals surface area contributed by atoms with Gasteiger partial charge >= 0.3 is 0 Å². The molecule has 108 valence electrons. The van der Waals surface area contributed by atoms with E-state index in [-0.39, 0.29) is 6.04 Å². The summed E-state index contributed by atoms with van der Waals surface area (Å²) in [6, 6.07) is 13.4. The number of hydrogen-bond donors (Lipinski definition) is 1. The topological polar surface area (TPSA) is 48.4 Å². The number of halogens is 1. The molecule has 1 atom stereocenters. The lowest BCUT2D eigenvalue weighted by Crippen LogP contribution is -2.12. The van der Waals surface area contributed by atoms with Crippen LogP contribution in [0.5, 0.6) is 5.75 Å². The van der Waals surface area contributed by atoms with E-state index >= 15 is 0 Å². The van der Waals surface area contributed by atoms with Gasteiger partial charge in [0, 0.05) is 15.4 Å². The Morgan fingerprint density at radius 2 is 1.95 bits per heavy atom. The van der Waals surface area contributed by atoms with Gasteiger partial charge in [0.25, 0.3) is 0 Å². The summed E-state index contributed by atoms with van der Waals surface area (Å²) in [7, 11) is 1.66. The summed E-state index contributed by atoms with van der Waals surface area (Å²) in [5.74, 6) is 1.59. The summed E-state index contributed by atoms with van der Waals surface area (Å²) in [5, 5.41) is 1.03. The van der Waals surface area contributed by atoms with Crippen molar-refractivity contribution in [3.8, 4) is 5.75 Å². The summed E-state index contributed by atoms with van der Waals surface area (Å²) in [6.07, 6.45) is 0. The first-order valence-electron chi connectivity index (χ1n) is 6.69. The fourth-order valence-electron chi connectivity index (χ4n) is 2.51. The van der Waals surface area contributed by atoms with E-state index in [2.05, 4.69) is 15.9 Å². The highest BCUT2D eigenvalue weighted by Crippen LogP contribution is 2.35. The van der Waals surface area contributed by atoms with Gasteiger partial charge in [-0.3, -0.25) is 0 Å². The molecule has 3 nitrogen and oxygen atoms in total. The molecule has 0 aliphatic carbocycles. The Balaban J connectivity index is 2.12. The molecule has 3 aromatic rings. The van der Waals surface area contributed by atoms with Crippen molar-refractivity contribution in [3.63, 3.8) is 0 Å². The summed E-state index contributed by atoms with van der Waals surface area (Å²) < 4.78 is 12.2. The minimum Gasteiger partial charge on any atom is -0.497 e. The normalized spacial score (nSPS) is 12.6. The van der Waals surface area contributed by atoms with Crippen molar-refractivity contribution in [2.75, 3.05) is 7.11 Å². The van der Waals surface area contributed by atoms with Crippen LogP contribution in [0.3, 0.4) is 0 Å². The molecule has 3 rings (SSSR count). The molecule has 1 heterocycles. The highest BCUT2D eigenvalue weighted by atomic mass is 79.9. The number of furan rings is 1. The Morgan fingerprint density at radius 3 is 2.67 bits per heavy atom. The van der Waals surface area contributed by atoms with E-state index in [0.29, 0.717) is 0 Å². The lowest BCUT2D eigenvalue weighted by Gasteiger charge is -2.12. The fraction of sp³-hybridized carbons (Fsp3) is 0.176. The number of hydrogen-bond acceptors (Lipinski definition) is 3. The van der Waals surface area contributed by atoms with Crippen molar-refractivity contribution in [1.82, 2.24) is 0 Å². The van der Waals surface area contributed by atoms with Crippen molar-refractivity contribution < 1.29 is 9.15 Å². The van der Waals surface area contributed by atoms with Gasteiger partial charge in [0.1, 0.15) is 17.1 Å². The molecule has 0 aliphatic rings. The van der Waals surface area contributed by atoms with Gasteiger partial charge in [-0.25, -0.2) is 0 Å². The Kier molecular flexibility index (Phi) is 3.74. The van der Waals surface area contributed by atoms with Crippen LogP contribution in [0.4, 0.5) is 0 Å². The molecule has 0 aliphatic heterocycles. The van der Waals surface area contributed by atoms with Crippen LogP contribution in [-0.4, -0.2) is 7.11 Å². The lowest BCUT2D eigenvalue weighted by molar-refractivity contribution is 0.415. The van der Waals surface area contributed by atoms with E-state index in [1.54, 1.807) is 7.11 Å². The van der Waals surface area contributed by atoms with Crippen molar-refractivity contribution in [1.29, 1.82) is 0 Å². The van der Waals surface area contributed by atoms with Gasteiger partial charge in [0.05, 0.1) is 13.2 Å². The Labute approximate surface area is 131 Å². The van der Waals surface area contributed by atoms with Gasteiger partial charge in [-0.15, -0.1) is 0 Å². The predicted octanol–water partition coefficient (Wildman–Crippen LogP) is 4.56. The minimum atomic E-state index is -0.307. The van der Waals surface area contributed by atoms with E-state index in [1.165, 1.54) is 0 Å². The van der Waals surface area contributed by atoms with E-state index in [1.807, 2.05) is 49.4 Å². The molecule has 0 amide bonds. The zero-order valence-electron chi connectivity index (χ0n) is 11.9. The molecule has 2 aromatic carbocycles. The van der Waals surface area contributed by atoms with E-state index in [4.69, 9.17) is 14.9 Å². The molecule has 21 heavy (non-hydrogen) atoms. The molecule has 1 aromatic heterocycles. The third kappa shape index (κ3) is 2.45. The van der Waals surface area contributed by atoms with E-state index < -0.39 is 0 Å². The zero-order chi connectivity index (χ0) is 15.0. The molecule has 0 saturated carbocycles.